The van der Waals surface area contributed by atoms with Crippen molar-refractivity contribution < 1.29 is 9.47 Å². The van der Waals surface area contributed by atoms with Gasteiger partial charge in [-0.25, -0.2) is 0 Å². The van der Waals surface area contributed by atoms with Gasteiger partial charge in [0.05, 0.1) is 12.7 Å². The van der Waals surface area contributed by atoms with Gasteiger partial charge in [0.15, 0.2) is 0 Å². The van der Waals surface area contributed by atoms with Gasteiger partial charge in [-0.3, -0.25) is 0 Å². The van der Waals surface area contributed by atoms with Gasteiger partial charge in [-0.2, -0.15) is 5.26 Å². The van der Waals surface area contributed by atoms with Crippen molar-refractivity contribution in [3.8, 4) is 17.6 Å². The maximum Gasteiger partial charge on any atom is 0.140 e. The van der Waals surface area contributed by atoms with Crippen molar-refractivity contribution >= 4 is 0 Å². The summed E-state index contributed by atoms with van der Waals surface area (Å²) >= 11 is 0. The molecule has 1 heterocycles. The molecule has 4 nitrogen and oxygen atoms in total. The summed E-state index contributed by atoms with van der Waals surface area (Å²) in [7, 11) is 1.61. The highest BCUT2D eigenvalue weighted by atomic mass is 16.5. The van der Waals surface area contributed by atoms with E-state index in [9.17, 15) is 0 Å². The molecular weight excluding hydrogens is 228 g/mol. The van der Waals surface area contributed by atoms with E-state index < -0.39 is 0 Å². The van der Waals surface area contributed by atoms with Crippen LogP contribution in [0.3, 0.4) is 0 Å². The first-order valence-corrected chi connectivity index (χ1v) is 6.28. The summed E-state index contributed by atoms with van der Waals surface area (Å²) in [5.41, 5.74) is 0.548. The minimum Gasteiger partial charge on any atom is -0.497 e. The maximum absolute atomic E-state index is 9.03. The molecular formula is C14H18N2O2. The van der Waals surface area contributed by atoms with Gasteiger partial charge in [0.25, 0.3) is 0 Å². The monoisotopic (exact) mass is 246 g/mol. The fraction of sp³-hybridized carbons (Fsp3) is 0.500. The molecule has 1 fully saturated rings. The molecule has 1 aromatic rings. The number of piperidine rings is 1. The molecule has 0 bridgehead atoms. The van der Waals surface area contributed by atoms with Gasteiger partial charge in [-0.05, 0) is 31.5 Å². The lowest BCUT2D eigenvalue weighted by Gasteiger charge is -2.23. The number of hydrogen-bond acceptors (Lipinski definition) is 4. The number of hydrogen-bond donors (Lipinski definition) is 1. The predicted molar refractivity (Wildman–Crippen MR) is 68.8 cm³/mol. The van der Waals surface area contributed by atoms with Crippen molar-refractivity contribution in [3.05, 3.63) is 23.8 Å². The van der Waals surface area contributed by atoms with E-state index in [4.69, 9.17) is 14.7 Å². The normalized spacial score (nSPS) is 19.0. The Bertz CT molecular complexity index is 434. The molecule has 1 N–H and O–H groups in total. The van der Waals surface area contributed by atoms with Crippen molar-refractivity contribution in [1.82, 2.24) is 5.32 Å². The van der Waals surface area contributed by atoms with Crippen LogP contribution in [-0.2, 0) is 0 Å². The average Bonchev–Trinajstić information content (AvgIpc) is 2.45. The molecule has 0 radical (unpaired) electrons. The zero-order valence-electron chi connectivity index (χ0n) is 10.6. The fourth-order valence-corrected chi connectivity index (χ4v) is 2.10. The SMILES string of the molecule is COc1ccc(C#N)c(OCC2CCCCN2)c1. The van der Waals surface area contributed by atoms with Crippen molar-refractivity contribution in [2.24, 2.45) is 0 Å². The maximum atomic E-state index is 9.03. The van der Waals surface area contributed by atoms with Gasteiger partial charge in [0.1, 0.15) is 24.2 Å². The third-order valence-corrected chi connectivity index (χ3v) is 3.16. The second-order valence-electron chi connectivity index (χ2n) is 4.43. The summed E-state index contributed by atoms with van der Waals surface area (Å²) in [4.78, 5) is 0. The summed E-state index contributed by atoms with van der Waals surface area (Å²) in [5.74, 6) is 1.31. The molecule has 1 aromatic carbocycles. The number of rotatable bonds is 4. The van der Waals surface area contributed by atoms with E-state index in [1.54, 1.807) is 25.3 Å². The van der Waals surface area contributed by atoms with Crippen LogP contribution < -0.4 is 14.8 Å². The summed E-state index contributed by atoms with van der Waals surface area (Å²) in [6.45, 7) is 1.65. The molecule has 4 heteroatoms. The lowest BCUT2D eigenvalue weighted by Crippen LogP contribution is -2.38. The van der Waals surface area contributed by atoms with Crippen molar-refractivity contribution in [2.75, 3.05) is 20.3 Å². The highest BCUT2D eigenvalue weighted by Crippen LogP contribution is 2.24. The first-order valence-electron chi connectivity index (χ1n) is 6.28. The molecule has 2 rings (SSSR count). The van der Waals surface area contributed by atoms with Crippen LogP contribution in [-0.4, -0.2) is 26.3 Å². The first kappa shape index (κ1) is 12.7. The molecule has 1 aliphatic rings. The van der Waals surface area contributed by atoms with Crippen LogP contribution in [0.2, 0.25) is 0 Å². The van der Waals surface area contributed by atoms with Crippen LogP contribution >= 0.6 is 0 Å². The Hall–Kier alpha value is -1.73. The average molecular weight is 246 g/mol. The Kier molecular flexibility index (Phi) is 4.43. The zero-order valence-corrected chi connectivity index (χ0v) is 10.6. The summed E-state index contributed by atoms with van der Waals surface area (Å²) in [6, 6.07) is 7.78. The first-order chi connectivity index (χ1) is 8.83. The molecule has 0 spiro atoms. The second kappa shape index (κ2) is 6.27. The Labute approximate surface area is 108 Å². The van der Waals surface area contributed by atoms with E-state index in [0.29, 0.717) is 29.7 Å². The molecule has 1 aliphatic heterocycles. The van der Waals surface area contributed by atoms with Gasteiger partial charge in [0.2, 0.25) is 0 Å². The zero-order chi connectivity index (χ0) is 12.8. The molecule has 0 saturated carbocycles. The number of ether oxygens (including phenoxy) is 2. The molecule has 1 saturated heterocycles. The lowest BCUT2D eigenvalue weighted by molar-refractivity contribution is 0.237. The number of nitrogens with one attached hydrogen (secondary N) is 1. The number of benzene rings is 1. The van der Waals surface area contributed by atoms with Crippen molar-refractivity contribution in [3.63, 3.8) is 0 Å². The third kappa shape index (κ3) is 3.14. The smallest absolute Gasteiger partial charge is 0.140 e. The van der Waals surface area contributed by atoms with Crippen LogP contribution in [0.15, 0.2) is 18.2 Å². The minimum absolute atomic E-state index is 0.386. The lowest BCUT2D eigenvalue weighted by atomic mass is 10.1. The van der Waals surface area contributed by atoms with E-state index in [-0.39, 0.29) is 0 Å². The predicted octanol–water partition coefficient (Wildman–Crippen LogP) is 2.09. The minimum atomic E-state index is 0.386. The van der Waals surface area contributed by atoms with Gasteiger partial charge < -0.3 is 14.8 Å². The highest BCUT2D eigenvalue weighted by Gasteiger charge is 2.14. The number of nitriles is 1. The van der Waals surface area contributed by atoms with Crippen LogP contribution in [0, 0.1) is 11.3 Å². The molecule has 0 aromatic heterocycles. The van der Waals surface area contributed by atoms with E-state index in [1.807, 2.05) is 0 Å². The van der Waals surface area contributed by atoms with Gasteiger partial charge in [-0.1, -0.05) is 6.42 Å². The molecule has 1 atom stereocenters. The number of methoxy groups -OCH3 is 1. The van der Waals surface area contributed by atoms with Crippen molar-refractivity contribution in [1.29, 1.82) is 5.26 Å². The topological polar surface area (TPSA) is 54.3 Å². The second-order valence-corrected chi connectivity index (χ2v) is 4.43. The molecule has 0 amide bonds. The fourth-order valence-electron chi connectivity index (χ4n) is 2.10. The standard InChI is InChI=1S/C14H18N2O2/c1-17-13-6-5-11(9-15)14(8-13)18-10-12-4-2-3-7-16-12/h5-6,8,12,16H,2-4,7,10H2,1H3. The van der Waals surface area contributed by atoms with Crippen LogP contribution in [0.1, 0.15) is 24.8 Å². The van der Waals surface area contributed by atoms with E-state index in [2.05, 4.69) is 11.4 Å². The quantitative estimate of drug-likeness (QED) is 0.883. The van der Waals surface area contributed by atoms with Gasteiger partial charge >= 0.3 is 0 Å². The van der Waals surface area contributed by atoms with E-state index in [0.717, 1.165) is 13.0 Å². The Morgan fingerprint density at radius 1 is 1.44 bits per heavy atom. The summed E-state index contributed by atoms with van der Waals surface area (Å²) < 4.78 is 10.9. The third-order valence-electron chi connectivity index (χ3n) is 3.16. The van der Waals surface area contributed by atoms with Crippen molar-refractivity contribution in [2.45, 2.75) is 25.3 Å². The molecule has 1 unspecified atom stereocenters. The molecule has 0 aliphatic carbocycles. The van der Waals surface area contributed by atoms with Crippen LogP contribution in [0.5, 0.6) is 11.5 Å². The largest absolute Gasteiger partial charge is 0.497 e. The van der Waals surface area contributed by atoms with E-state index in [1.165, 1.54) is 12.8 Å². The molecule has 96 valence electrons. The number of nitrogens with zero attached hydrogens (tertiary/aromatic N) is 1. The molecule has 18 heavy (non-hydrogen) atoms. The summed E-state index contributed by atoms with van der Waals surface area (Å²) in [6.07, 6.45) is 3.61. The Balaban J connectivity index is 2.00. The Morgan fingerprint density at radius 3 is 3.00 bits per heavy atom. The highest BCUT2D eigenvalue weighted by molar-refractivity contribution is 5.47. The van der Waals surface area contributed by atoms with Crippen LogP contribution in [0.4, 0.5) is 0 Å². The summed E-state index contributed by atoms with van der Waals surface area (Å²) in [5, 5.41) is 12.4. The Morgan fingerprint density at radius 2 is 2.33 bits per heavy atom. The van der Waals surface area contributed by atoms with E-state index >= 15 is 0 Å². The van der Waals surface area contributed by atoms with Gasteiger partial charge in [0, 0.05) is 12.1 Å². The van der Waals surface area contributed by atoms with Gasteiger partial charge in [-0.15, -0.1) is 0 Å². The van der Waals surface area contributed by atoms with Crippen LogP contribution in [0.25, 0.3) is 0 Å².